The van der Waals surface area contributed by atoms with Crippen molar-refractivity contribution in [3.05, 3.63) is 35.5 Å². The predicted octanol–water partition coefficient (Wildman–Crippen LogP) is 0.620. The fraction of sp³-hybridized carbons (Fsp3) is 0. The zero-order chi connectivity index (χ0) is 7.72. The minimum absolute atomic E-state index is 0.0532. The van der Waals surface area contributed by atoms with Crippen molar-refractivity contribution in [3.63, 3.8) is 0 Å². The molecule has 1 rings (SSSR count). The number of rotatable bonds is 1. The molecule has 1 aliphatic rings. The summed E-state index contributed by atoms with van der Waals surface area (Å²) in [6.45, 7) is 3.35. The van der Waals surface area contributed by atoms with Crippen molar-refractivity contribution in [1.82, 2.24) is 0 Å². The minimum atomic E-state index is -0.241. The van der Waals surface area contributed by atoms with Gasteiger partial charge in [0.05, 0.1) is 11.1 Å². The molecule has 0 amide bonds. The highest BCUT2D eigenvalue weighted by Crippen LogP contribution is 2.27. The topological polar surface area (TPSA) is 37.3 Å². The second-order valence-electron chi connectivity index (χ2n) is 1.88. The van der Waals surface area contributed by atoms with E-state index in [-0.39, 0.29) is 22.7 Å². The van der Waals surface area contributed by atoms with Gasteiger partial charge in [0.25, 0.3) is 0 Å². The van der Waals surface area contributed by atoms with Crippen LogP contribution in [0.25, 0.3) is 0 Å². The van der Waals surface area contributed by atoms with Crippen LogP contribution in [-0.4, -0.2) is 18.7 Å². The van der Waals surface area contributed by atoms with Gasteiger partial charge in [-0.25, -0.2) is 0 Å². The first kappa shape index (κ1) is 6.87. The second-order valence-corrected chi connectivity index (χ2v) is 1.88. The summed E-state index contributed by atoms with van der Waals surface area (Å²) in [5, 5.41) is 8.98. The van der Waals surface area contributed by atoms with Gasteiger partial charge in [-0.15, -0.1) is 5.98 Å². The Morgan fingerprint density at radius 1 is 1.60 bits per heavy atom. The van der Waals surface area contributed by atoms with Gasteiger partial charge in [-0.3, -0.25) is 4.79 Å². The summed E-state index contributed by atoms with van der Waals surface area (Å²) >= 11 is 0. The average molecular weight is 132 g/mol. The van der Waals surface area contributed by atoms with E-state index in [0.717, 1.165) is 5.98 Å². The van der Waals surface area contributed by atoms with E-state index >= 15 is 0 Å². The van der Waals surface area contributed by atoms with Crippen LogP contribution in [0.3, 0.4) is 0 Å². The number of hydrogen-bond acceptors (Lipinski definition) is 2. The van der Waals surface area contributed by atoms with Gasteiger partial charge in [0.1, 0.15) is 13.6 Å². The van der Waals surface area contributed by atoms with Crippen LogP contribution >= 0.6 is 0 Å². The quantitative estimate of drug-likeness (QED) is 0.419. The Hall–Kier alpha value is -1.25. The van der Waals surface area contributed by atoms with Crippen molar-refractivity contribution < 1.29 is 9.90 Å². The van der Waals surface area contributed by atoms with Gasteiger partial charge in [-0.2, -0.15) is 0 Å². The van der Waals surface area contributed by atoms with E-state index in [1.807, 2.05) is 0 Å². The molecule has 0 saturated heterocycles. The normalized spacial score (nSPS) is 21.2. The molecule has 3 heteroatoms. The Balaban J connectivity index is 3.10. The summed E-state index contributed by atoms with van der Waals surface area (Å²) < 4.78 is 0. The highest BCUT2D eigenvalue weighted by molar-refractivity contribution is 6.28. The van der Waals surface area contributed by atoms with Crippen molar-refractivity contribution in [2.45, 2.75) is 0 Å². The third-order valence-corrected chi connectivity index (χ3v) is 1.37. The first-order valence-electron chi connectivity index (χ1n) is 2.75. The highest BCUT2D eigenvalue weighted by atomic mass is 16.3. The number of ketones is 1. The molecule has 2 nitrogen and oxygen atoms in total. The zero-order valence-electron chi connectivity index (χ0n) is 5.29. The van der Waals surface area contributed by atoms with Crippen LogP contribution in [0.5, 0.6) is 0 Å². The predicted molar refractivity (Wildman–Crippen MR) is 38.7 cm³/mol. The standard InChI is InChI=1S/C7H5BO2/c1-2-4-6(9)5(3-8)7(4)10/h2-3,9H,1H2/b5-3+. The second kappa shape index (κ2) is 2.18. The maximum Gasteiger partial charge on any atom is 0.199 e. The molecule has 0 unspecified atom stereocenters. The van der Waals surface area contributed by atoms with E-state index in [1.54, 1.807) is 0 Å². The van der Waals surface area contributed by atoms with Gasteiger partial charge in [0, 0.05) is 0 Å². The van der Waals surface area contributed by atoms with Crippen LogP contribution in [0.2, 0.25) is 0 Å². The van der Waals surface area contributed by atoms with Crippen molar-refractivity contribution in [1.29, 1.82) is 0 Å². The molecule has 1 aliphatic carbocycles. The summed E-state index contributed by atoms with van der Waals surface area (Å²) in [4.78, 5) is 10.8. The van der Waals surface area contributed by atoms with E-state index in [1.165, 1.54) is 6.08 Å². The van der Waals surface area contributed by atoms with E-state index in [2.05, 4.69) is 6.58 Å². The van der Waals surface area contributed by atoms with E-state index in [9.17, 15) is 4.79 Å². The van der Waals surface area contributed by atoms with E-state index in [4.69, 9.17) is 13.0 Å². The van der Waals surface area contributed by atoms with Gasteiger partial charge in [-0.05, 0) is 0 Å². The molecule has 0 aromatic carbocycles. The van der Waals surface area contributed by atoms with Crippen LogP contribution in [0.1, 0.15) is 0 Å². The largest absolute Gasteiger partial charge is 0.506 e. The zero-order valence-corrected chi connectivity index (χ0v) is 5.29. The summed E-state index contributed by atoms with van der Waals surface area (Å²) in [6.07, 6.45) is 1.31. The number of carbonyl (C=O) groups excluding carboxylic acids is 1. The molecule has 0 aliphatic heterocycles. The Morgan fingerprint density at radius 3 is 2.50 bits per heavy atom. The fourth-order valence-corrected chi connectivity index (χ4v) is 0.787. The number of hydrogen-bond donors (Lipinski definition) is 1. The van der Waals surface area contributed by atoms with E-state index in [0.29, 0.717) is 0 Å². The van der Waals surface area contributed by atoms with Crippen LogP contribution < -0.4 is 0 Å². The molecule has 0 aromatic heterocycles. The molecule has 0 atom stereocenters. The van der Waals surface area contributed by atoms with Crippen LogP contribution in [-0.2, 0) is 4.79 Å². The molecule has 0 aromatic rings. The number of aliphatic hydroxyl groups is 1. The third kappa shape index (κ3) is 0.636. The molecule has 0 heterocycles. The first-order chi connectivity index (χ1) is 4.72. The van der Waals surface area contributed by atoms with E-state index < -0.39 is 0 Å². The van der Waals surface area contributed by atoms with Crippen molar-refractivity contribution >= 4 is 13.6 Å². The molecule has 2 radical (unpaired) electrons. The lowest BCUT2D eigenvalue weighted by atomic mass is 9.84. The lowest BCUT2D eigenvalue weighted by molar-refractivity contribution is -0.113. The maximum absolute atomic E-state index is 10.8. The molecule has 0 spiro atoms. The summed E-state index contributed by atoms with van der Waals surface area (Å²) in [5.74, 6) is 0.794. The monoisotopic (exact) mass is 132 g/mol. The van der Waals surface area contributed by atoms with Crippen LogP contribution in [0, 0.1) is 0 Å². The maximum atomic E-state index is 10.8. The van der Waals surface area contributed by atoms with Gasteiger partial charge >= 0.3 is 0 Å². The smallest absolute Gasteiger partial charge is 0.199 e. The number of allylic oxidation sites excluding steroid dienone is 3. The summed E-state index contributed by atoms with van der Waals surface area (Å²) in [5.41, 5.74) is 0.423. The molecule has 0 saturated carbocycles. The number of Topliss-reactive ketones (excluding diaryl/α,β-unsaturated/α-hetero) is 1. The molecule has 0 fully saturated rings. The van der Waals surface area contributed by atoms with Gasteiger partial charge < -0.3 is 5.11 Å². The van der Waals surface area contributed by atoms with Crippen LogP contribution in [0.4, 0.5) is 0 Å². The Morgan fingerprint density at radius 2 is 2.20 bits per heavy atom. The van der Waals surface area contributed by atoms with Crippen molar-refractivity contribution in [2.75, 3.05) is 0 Å². The van der Waals surface area contributed by atoms with Crippen molar-refractivity contribution in [3.8, 4) is 0 Å². The average Bonchev–Trinajstić information content (AvgIpc) is 1.90. The SMILES string of the molecule is [B]/C=C1/C(=O)C(C=C)=C1O. The number of aliphatic hydroxyl groups excluding tert-OH is 1. The van der Waals surface area contributed by atoms with Gasteiger partial charge in [0.2, 0.25) is 0 Å². The Labute approximate surface area is 60.0 Å². The molecule has 10 heavy (non-hydrogen) atoms. The molecule has 0 bridgehead atoms. The van der Waals surface area contributed by atoms with Crippen LogP contribution in [0.15, 0.2) is 35.5 Å². The van der Waals surface area contributed by atoms with Crippen molar-refractivity contribution in [2.24, 2.45) is 0 Å². The molecule has 1 N–H and O–H groups in total. The Kier molecular flexibility index (Phi) is 1.49. The number of carbonyl (C=O) groups is 1. The lowest BCUT2D eigenvalue weighted by Crippen LogP contribution is -2.20. The fourth-order valence-electron chi connectivity index (χ4n) is 0.787. The Bertz CT molecular complexity index is 261. The molecular weight excluding hydrogens is 127 g/mol. The minimum Gasteiger partial charge on any atom is -0.506 e. The first-order valence-corrected chi connectivity index (χ1v) is 2.75. The molecular formula is C7H5BO2. The highest BCUT2D eigenvalue weighted by Gasteiger charge is 2.29. The lowest BCUT2D eigenvalue weighted by Gasteiger charge is -2.17. The summed E-state index contributed by atoms with van der Waals surface area (Å²) in [7, 11) is 5.02. The molecule has 48 valence electrons. The summed E-state index contributed by atoms with van der Waals surface area (Å²) in [6, 6.07) is 0. The van der Waals surface area contributed by atoms with Gasteiger partial charge in [-0.1, -0.05) is 12.7 Å². The van der Waals surface area contributed by atoms with Gasteiger partial charge in [0.15, 0.2) is 5.78 Å². The third-order valence-electron chi connectivity index (χ3n) is 1.37.